The van der Waals surface area contributed by atoms with Crippen LogP contribution >= 0.6 is 0 Å². The summed E-state index contributed by atoms with van der Waals surface area (Å²) in [7, 11) is 3.87. The van der Waals surface area contributed by atoms with Gasteiger partial charge in [-0.15, -0.1) is 0 Å². The second-order valence-electron chi connectivity index (χ2n) is 8.02. The highest BCUT2D eigenvalue weighted by molar-refractivity contribution is 6.12. The third kappa shape index (κ3) is 5.01. The molecule has 0 aliphatic heterocycles. The van der Waals surface area contributed by atoms with Crippen LogP contribution in [0.2, 0.25) is 0 Å². The van der Waals surface area contributed by atoms with Gasteiger partial charge in [0, 0.05) is 48.4 Å². The van der Waals surface area contributed by atoms with Crippen molar-refractivity contribution >= 4 is 40.7 Å². The molecule has 0 bridgehead atoms. The van der Waals surface area contributed by atoms with Crippen molar-refractivity contribution in [2.45, 2.75) is 19.4 Å². The molecule has 0 saturated carbocycles. The molecule has 3 aromatic rings. The summed E-state index contributed by atoms with van der Waals surface area (Å²) >= 11 is 0. The van der Waals surface area contributed by atoms with Gasteiger partial charge in [-0.2, -0.15) is 0 Å². The maximum Gasteiger partial charge on any atom is 0.255 e. The molecular formula is C25H26N6O2. The van der Waals surface area contributed by atoms with Crippen molar-refractivity contribution < 1.29 is 9.59 Å². The molecule has 2 amide bonds. The maximum absolute atomic E-state index is 12.7. The molecule has 4 rings (SSSR count). The van der Waals surface area contributed by atoms with Crippen LogP contribution in [0.1, 0.15) is 28.8 Å². The van der Waals surface area contributed by atoms with E-state index >= 15 is 0 Å². The largest absolute Gasteiger partial charge is 0.378 e. The monoisotopic (exact) mass is 442 g/mol. The molecule has 0 unspecified atom stereocenters. The van der Waals surface area contributed by atoms with Crippen LogP contribution in [0, 0.1) is 0 Å². The predicted octanol–water partition coefficient (Wildman–Crippen LogP) is 1.62. The number of hydrogen-bond acceptors (Lipinski definition) is 6. The van der Waals surface area contributed by atoms with E-state index in [1.165, 1.54) is 6.33 Å². The van der Waals surface area contributed by atoms with E-state index in [1.807, 2.05) is 67.5 Å². The van der Waals surface area contributed by atoms with Gasteiger partial charge in [-0.1, -0.05) is 24.3 Å². The summed E-state index contributed by atoms with van der Waals surface area (Å²) in [4.78, 5) is 35.0. The van der Waals surface area contributed by atoms with Crippen LogP contribution in [0.5, 0.6) is 0 Å². The van der Waals surface area contributed by atoms with Gasteiger partial charge in [-0.3, -0.25) is 9.59 Å². The summed E-state index contributed by atoms with van der Waals surface area (Å²) in [6.07, 6.45) is 4.74. The molecule has 33 heavy (non-hydrogen) atoms. The number of carbonyl (C=O) groups excluding carboxylic acids is 2. The van der Waals surface area contributed by atoms with Crippen molar-refractivity contribution in [2.75, 3.05) is 29.6 Å². The van der Waals surface area contributed by atoms with Gasteiger partial charge in [0.05, 0.1) is 5.35 Å². The number of carbonyl (C=O) groups is 2. The molecule has 1 aliphatic carbocycles. The fourth-order valence-electron chi connectivity index (χ4n) is 3.76. The Morgan fingerprint density at radius 2 is 1.91 bits per heavy atom. The molecule has 168 valence electrons. The summed E-state index contributed by atoms with van der Waals surface area (Å²) in [5, 5.41) is 7.66. The number of benzene rings is 2. The summed E-state index contributed by atoms with van der Waals surface area (Å²) in [6.45, 7) is 0.489. The number of rotatable bonds is 7. The van der Waals surface area contributed by atoms with Crippen molar-refractivity contribution in [1.29, 1.82) is 0 Å². The average molecular weight is 443 g/mol. The van der Waals surface area contributed by atoms with E-state index in [9.17, 15) is 9.59 Å². The Kier molecular flexibility index (Phi) is 6.35. The molecule has 4 N–H and O–H groups in total. The number of anilines is 3. The van der Waals surface area contributed by atoms with Crippen LogP contribution < -0.4 is 31.8 Å². The smallest absolute Gasteiger partial charge is 0.255 e. The van der Waals surface area contributed by atoms with Gasteiger partial charge >= 0.3 is 0 Å². The van der Waals surface area contributed by atoms with Crippen LogP contribution in [0.25, 0.3) is 11.6 Å². The molecule has 0 atom stereocenters. The number of nitrogens with two attached hydrogens (primary N) is 1. The number of aromatic nitrogens is 2. The topological polar surface area (TPSA) is 113 Å². The third-order valence-electron chi connectivity index (χ3n) is 5.48. The van der Waals surface area contributed by atoms with Crippen molar-refractivity contribution in [3.05, 3.63) is 76.6 Å². The highest BCUT2D eigenvalue weighted by Gasteiger charge is 2.13. The predicted molar refractivity (Wildman–Crippen MR) is 130 cm³/mol. The Labute approximate surface area is 191 Å². The molecule has 1 aromatic heterocycles. The number of primary amides is 1. The molecule has 2 aromatic carbocycles. The maximum atomic E-state index is 12.7. The lowest BCUT2D eigenvalue weighted by molar-refractivity contribution is -0.113. The van der Waals surface area contributed by atoms with E-state index in [2.05, 4.69) is 20.6 Å². The van der Waals surface area contributed by atoms with Crippen molar-refractivity contribution in [2.24, 2.45) is 5.73 Å². The SMILES string of the molecule is CN(C)c1cccc(C(=O)Nc2cccc(CNc3ncnc4c3=CCCC=4C(N)=O)c2)c1. The third-order valence-corrected chi connectivity index (χ3v) is 5.48. The first-order valence-electron chi connectivity index (χ1n) is 10.7. The average Bonchev–Trinajstić information content (AvgIpc) is 2.82. The van der Waals surface area contributed by atoms with E-state index in [0.717, 1.165) is 16.5 Å². The van der Waals surface area contributed by atoms with Crippen molar-refractivity contribution in [3.63, 3.8) is 0 Å². The van der Waals surface area contributed by atoms with E-state index in [0.29, 0.717) is 47.4 Å². The highest BCUT2D eigenvalue weighted by atomic mass is 16.2. The molecule has 8 heteroatoms. The number of hydrogen-bond donors (Lipinski definition) is 3. The molecule has 1 aliphatic rings. The lowest BCUT2D eigenvalue weighted by Crippen LogP contribution is -2.39. The van der Waals surface area contributed by atoms with Crippen LogP contribution in [-0.4, -0.2) is 35.9 Å². The summed E-state index contributed by atoms with van der Waals surface area (Å²) in [5.41, 5.74) is 9.27. The zero-order valence-corrected chi connectivity index (χ0v) is 18.6. The standard InChI is InChI=1S/C25H26N6O2/c1-31(2)19-9-4-7-17(13-19)25(33)30-18-8-3-6-16(12-18)14-27-24-21-11-5-10-20(23(26)32)22(21)28-15-29-24/h3-4,6-9,11-13,15H,5,10,14H2,1-2H3,(H2,26,32)(H,30,33)(H,27,28,29). The van der Waals surface area contributed by atoms with Crippen LogP contribution in [0.15, 0.2) is 54.9 Å². The van der Waals surface area contributed by atoms with Crippen molar-refractivity contribution in [1.82, 2.24) is 9.97 Å². The summed E-state index contributed by atoms with van der Waals surface area (Å²) in [5.74, 6) is 0.0275. The Hall–Kier alpha value is -4.20. The van der Waals surface area contributed by atoms with E-state index in [-0.39, 0.29) is 5.91 Å². The summed E-state index contributed by atoms with van der Waals surface area (Å²) in [6, 6.07) is 15.1. The van der Waals surface area contributed by atoms with Gasteiger partial charge in [0.25, 0.3) is 5.91 Å². The second-order valence-corrected chi connectivity index (χ2v) is 8.02. The number of nitrogens with one attached hydrogen (secondary N) is 2. The zero-order chi connectivity index (χ0) is 23.4. The second kappa shape index (κ2) is 9.52. The Bertz CT molecular complexity index is 1330. The minimum atomic E-state index is -0.450. The highest BCUT2D eigenvalue weighted by Crippen LogP contribution is 2.17. The number of fused-ring (bicyclic) bond motifs is 1. The van der Waals surface area contributed by atoms with Gasteiger partial charge in [0.15, 0.2) is 0 Å². The molecule has 1 heterocycles. The Morgan fingerprint density at radius 3 is 2.70 bits per heavy atom. The first kappa shape index (κ1) is 22.0. The first-order valence-corrected chi connectivity index (χ1v) is 10.7. The minimum Gasteiger partial charge on any atom is -0.378 e. The lowest BCUT2D eigenvalue weighted by Gasteiger charge is -2.14. The van der Waals surface area contributed by atoms with Gasteiger partial charge in [-0.05, 0) is 48.7 Å². The molecule has 8 nitrogen and oxygen atoms in total. The normalized spacial score (nSPS) is 12.4. The fraction of sp³-hybridized carbons (Fsp3) is 0.200. The Morgan fingerprint density at radius 1 is 1.09 bits per heavy atom. The van der Waals surface area contributed by atoms with Crippen LogP contribution in [0.3, 0.4) is 0 Å². The molecule has 0 spiro atoms. The molecular weight excluding hydrogens is 416 g/mol. The van der Waals surface area contributed by atoms with Gasteiger partial charge < -0.3 is 21.3 Å². The van der Waals surface area contributed by atoms with Gasteiger partial charge in [-0.25, -0.2) is 9.97 Å². The van der Waals surface area contributed by atoms with Crippen LogP contribution in [0.4, 0.5) is 17.2 Å². The van der Waals surface area contributed by atoms with Gasteiger partial charge in [0.2, 0.25) is 5.91 Å². The van der Waals surface area contributed by atoms with Crippen molar-refractivity contribution in [3.8, 4) is 0 Å². The Balaban J connectivity index is 1.50. The van der Waals surface area contributed by atoms with E-state index < -0.39 is 5.91 Å². The first-order chi connectivity index (χ1) is 15.9. The van der Waals surface area contributed by atoms with Gasteiger partial charge in [0.1, 0.15) is 12.1 Å². The quantitative estimate of drug-likeness (QED) is 0.513. The van der Waals surface area contributed by atoms with E-state index in [1.54, 1.807) is 6.07 Å². The molecule has 0 saturated heterocycles. The molecule has 0 radical (unpaired) electrons. The lowest BCUT2D eigenvalue weighted by atomic mass is 10.0. The van der Waals surface area contributed by atoms with Crippen LogP contribution in [-0.2, 0) is 11.3 Å². The fourth-order valence-corrected chi connectivity index (χ4v) is 3.76. The number of nitrogens with zero attached hydrogens (tertiary/aromatic N) is 3. The zero-order valence-electron chi connectivity index (χ0n) is 18.6. The minimum absolute atomic E-state index is 0.169. The summed E-state index contributed by atoms with van der Waals surface area (Å²) < 4.78 is 0. The van der Waals surface area contributed by atoms with E-state index in [4.69, 9.17) is 5.73 Å². The molecule has 0 fully saturated rings. The number of amides is 2.